The lowest BCUT2D eigenvalue weighted by atomic mass is 9.97. The predicted molar refractivity (Wildman–Crippen MR) is 83.7 cm³/mol. The van der Waals surface area contributed by atoms with Gasteiger partial charge in [-0.05, 0) is 56.8 Å². The molecule has 0 spiro atoms. The normalized spacial score (nSPS) is 23.2. The average molecular weight is 290 g/mol. The number of rotatable bonds is 5. The molecular weight excluding hydrogens is 264 g/mol. The van der Waals surface area contributed by atoms with Crippen molar-refractivity contribution in [3.63, 3.8) is 0 Å². The number of hydrogen-bond acceptors (Lipinski definition) is 4. The molecule has 2 aliphatic heterocycles. The lowest BCUT2D eigenvalue weighted by Crippen LogP contribution is -2.48. The van der Waals surface area contributed by atoms with Crippen LogP contribution in [0.2, 0.25) is 0 Å². The Labute approximate surface area is 127 Å². The fourth-order valence-electron chi connectivity index (χ4n) is 3.49. The molecule has 2 atom stereocenters. The van der Waals surface area contributed by atoms with Gasteiger partial charge < -0.3 is 15.2 Å². The van der Waals surface area contributed by atoms with Gasteiger partial charge in [0.15, 0.2) is 11.5 Å². The molecule has 0 aromatic heterocycles. The zero-order valence-electron chi connectivity index (χ0n) is 12.9. The molecule has 0 amide bonds. The summed E-state index contributed by atoms with van der Waals surface area (Å²) in [4.78, 5) is 2.61. The fraction of sp³-hybridized carbons (Fsp3) is 0.647. The van der Waals surface area contributed by atoms with E-state index in [1.807, 2.05) is 6.07 Å². The Morgan fingerprint density at radius 1 is 1.29 bits per heavy atom. The number of fused-ring (bicyclic) bond motifs is 1. The molecule has 0 bridgehead atoms. The van der Waals surface area contributed by atoms with Crippen LogP contribution in [0.25, 0.3) is 0 Å². The van der Waals surface area contributed by atoms with Crippen molar-refractivity contribution in [2.75, 3.05) is 19.9 Å². The molecule has 0 radical (unpaired) electrons. The van der Waals surface area contributed by atoms with Crippen LogP contribution in [0.5, 0.6) is 11.5 Å². The molecule has 2 unspecified atom stereocenters. The molecule has 1 aromatic rings. The van der Waals surface area contributed by atoms with Crippen LogP contribution in [0.1, 0.15) is 38.2 Å². The number of nitrogens with two attached hydrogens (primary N) is 1. The summed E-state index contributed by atoms with van der Waals surface area (Å²) in [6.45, 7) is 4.67. The van der Waals surface area contributed by atoms with Gasteiger partial charge in [-0.15, -0.1) is 0 Å². The summed E-state index contributed by atoms with van der Waals surface area (Å²) < 4.78 is 10.8. The molecule has 3 rings (SSSR count). The molecule has 2 N–H and O–H groups in total. The Bertz CT molecular complexity index is 478. The highest BCUT2D eigenvalue weighted by Gasteiger charge is 2.25. The van der Waals surface area contributed by atoms with Gasteiger partial charge in [0.05, 0.1) is 0 Å². The van der Waals surface area contributed by atoms with Gasteiger partial charge in [-0.2, -0.15) is 0 Å². The van der Waals surface area contributed by atoms with E-state index in [2.05, 4.69) is 24.0 Å². The third-order valence-corrected chi connectivity index (χ3v) is 4.80. The third kappa shape index (κ3) is 3.33. The number of likely N-dealkylation sites (tertiary alicyclic amines) is 1. The molecule has 21 heavy (non-hydrogen) atoms. The van der Waals surface area contributed by atoms with Crippen LogP contribution in [0, 0.1) is 0 Å². The van der Waals surface area contributed by atoms with Crippen molar-refractivity contribution in [2.24, 2.45) is 5.73 Å². The predicted octanol–water partition coefficient (Wildman–Crippen LogP) is 2.55. The first kappa shape index (κ1) is 14.7. The quantitative estimate of drug-likeness (QED) is 0.905. The van der Waals surface area contributed by atoms with E-state index in [0.717, 1.165) is 30.9 Å². The number of ether oxygens (including phenoxy) is 2. The second-order valence-corrected chi connectivity index (χ2v) is 6.20. The molecule has 4 heteroatoms. The molecular formula is C17H26N2O2. The van der Waals surface area contributed by atoms with Crippen molar-refractivity contribution < 1.29 is 9.47 Å². The monoisotopic (exact) mass is 290 g/mol. The summed E-state index contributed by atoms with van der Waals surface area (Å²) in [7, 11) is 0. The summed E-state index contributed by atoms with van der Waals surface area (Å²) in [5.74, 6) is 1.75. The summed E-state index contributed by atoms with van der Waals surface area (Å²) >= 11 is 0. The van der Waals surface area contributed by atoms with E-state index in [1.165, 1.54) is 31.4 Å². The minimum Gasteiger partial charge on any atom is -0.454 e. The smallest absolute Gasteiger partial charge is 0.231 e. The molecule has 1 aromatic carbocycles. The maximum absolute atomic E-state index is 5.93. The largest absolute Gasteiger partial charge is 0.454 e. The van der Waals surface area contributed by atoms with E-state index in [4.69, 9.17) is 15.2 Å². The molecule has 2 aliphatic rings. The Balaban J connectivity index is 1.56. The summed E-state index contributed by atoms with van der Waals surface area (Å²) in [5, 5.41) is 0. The van der Waals surface area contributed by atoms with Crippen LogP contribution in [-0.2, 0) is 6.42 Å². The van der Waals surface area contributed by atoms with Gasteiger partial charge in [-0.25, -0.2) is 0 Å². The maximum atomic E-state index is 5.93. The van der Waals surface area contributed by atoms with E-state index < -0.39 is 0 Å². The molecule has 0 saturated carbocycles. The van der Waals surface area contributed by atoms with Gasteiger partial charge in [0.1, 0.15) is 0 Å². The van der Waals surface area contributed by atoms with E-state index in [9.17, 15) is 0 Å². The molecule has 1 saturated heterocycles. The van der Waals surface area contributed by atoms with Gasteiger partial charge in [0.25, 0.3) is 0 Å². The SMILES string of the molecule is CC(CCc1ccc2c(c1)OCO2)N1CCCCC1CN. The highest BCUT2D eigenvalue weighted by Crippen LogP contribution is 2.33. The van der Waals surface area contributed by atoms with Crippen molar-refractivity contribution in [3.05, 3.63) is 23.8 Å². The van der Waals surface area contributed by atoms with Crippen molar-refractivity contribution >= 4 is 0 Å². The minimum absolute atomic E-state index is 0.348. The number of hydrogen-bond donors (Lipinski definition) is 1. The van der Waals surface area contributed by atoms with Crippen molar-refractivity contribution in [1.82, 2.24) is 4.90 Å². The fourth-order valence-corrected chi connectivity index (χ4v) is 3.49. The first-order chi connectivity index (χ1) is 10.3. The Kier molecular flexibility index (Phi) is 4.66. The lowest BCUT2D eigenvalue weighted by molar-refractivity contribution is 0.103. The lowest BCUT2D eigenvalue weighted by Gasteiger charge is -2.39. The van der Waals surface area contributed by atoms with Gasteiger partial charge in [-0.3, -0.25) is 4.90 Å². The van der Waals surface area contributed by atoms with E-state index in [0.29, 0.717) is 18.9 Å². The summed E-state index contributed by atoms with van der Waals surface area (Å²) in [6, 6.07) is 7.45. The third-order valence-electron chi connectivity index (χ3n) is 4.80. The second kappa shape index (κ2) is 6.67. The topological polar surface area (TPSA) is 47.7 Å². The van der Waals surface area contributed by atoms with E-state index in [-0.39, 0.29) is 0 Å². The Morgan fingerprint density at radius 3 is 3.00 bits per heavy atom. The zero-order chi connectivity index (χ0) is 14.7. The molecule has 4 nitrogen and oxygen atoms in total. The van der Waals surface area contributed by atoms with E-state index >= 15 is 0 Å². The van der Waals surface area contributed by atoms with Crippen molar-refractivity contribution in [2.45, 2.75) is 51.1 Å². The maximum Gasteiger partial charge on any atom is 0.231 e. The van der Waals surface area contributed by atoms with Gasteiger partial charge in [0, 0.05) is 18.6 Å². The van der Waals surface area contributed by atoms with Gasteiger partial charge >= 0.3 is 0 Å². The van der Waals surface area contributed by atoms with Crippen molar-refractivity contribution in [3.8, 4) is 11.5 Å². The first-order valence-electron chi connectivity index (χ1n) is 8.12. The van der Waals surface area contributed by atoms with E-state index in [1.54, 1.807) is 0 Å². The molecule has 2 heterocycles. The van der Waals surface area contributed by atoms with Crippen LogP contribution >= 0.6 is 0 Å². The minimum atomic E-state index is 0.348. The van der Waals surface area contributed by atoms with Crippen molar-refractivity contribution in [1.29, 1.82) is 0 Å². The second-order valence-electron chi connectivity index (χ2n) is 6.20. The van der Waals surface area contributed by atoms with Gasteiger partial charge in [-0.1, -0.05) is 12.5 Å². The van der Waals surface area contributed by atoms with Crippen LogP contribution in [0.3, 0.4) is 0 Å². The summed E-state index contributed by atoms with van der Waals surface area (Å²) in [5.41, 5.74) is 7.25. The highest BCUT2D eigenvalue weighted by molar-refractivity contribution is 5.44. The molecule has 116 valence electrons. The van der Waals surface area contributed by atoms with Crippen LogP contribution < -0.4 is 15.2 Å². The Morgan fingerprint density at radius 2 is 2.14 bits per heavy atom. The van der Waals surface area contributed by atoms with Gasteiger partial charge in [0.2, 0.25) is 6.79 Å². The van der Waals surface area contributed by atoms with Crippen LogP contribution in [-0.4, -0.2) is 36.9 Å². The number of nitrogens with zero attached hydrogens (tertiary/aromatic N) is 1. The number of piperidine rings is 1. The highest BCUT2D eigenvalue weighted by atomic mass is 16.7. The molecule has 0 aliphatic carbocycles. The number of aryl methyl sites for hydroxylation is 1. The summed E-state index contributed by atoms with van der Waals surface area (Å²) in [6.07, 6.45) is 6.13. The van der Waals surface area contributed by atoms with Crippen LogP contribution in [0.4, 0.5) is 0 Å². The standard InChI is InChI=1S/C17H26N2O2/c1-13(19-9-3-2-4-15(19)11-18)5-6-14-7-8-16-17(10-14)21-12-20-16/h7-8,10,13,15H,2-6,9,11-12,18H2,1H3. The average Bonchev–Trinajstić information content (AvgIpc) is 3.00. The zero-order valence-corrected chi connectivity index (χ0v) is 12.9. The number of benzene rings is 1. The van der Waals surface area contributed by atoms with Crippen LogP contribution in [0.15, 0.2) is 18.2 Å². The molecule has 1 fully saturated rings. The Hall–Kier alpha value is -1.26. The first-order valence-corrected chi connectivity index (χ1v) is 8.12.